The van der Waals surface area contributed by atoms with Gasteiger partial charge in [0, 0.05) is 5.41 Å². The Morgan fingerprint density at radius 1 is 0.514 bits per heavy atom. The van der Waals surface area contributed by atoms with Gasteiger partial charge in [0.1, 0.15) is 24.7 Å². The predicted octanol–water partition coefficient (Wildman–Crippen LogP) is 8.20. The highest BCUT2D eigenvalue weighted by atomic mass is 16.5. The van der Waals surface area contributed by atoms with Crippen LogP contribution in [0.25, 0.3) is 12.2 Å². The topological polar surface area (TPSA) is 18.5 Å². The minimum Gasteiger partial charge on any atom is -0.490 e. The molecule has 4 aromatic rings. The molecule has 0 aliphatic carbocycles. The molecule has 0 aliphatic rings. The summed E-state index contributed by atoms with van der Waals surface area (Å²) in [6.45, 7) is 5.56. The summed E-state index contributed by atoms with van der Waals surface area (Å²) in [5.74, 6) is 1.74. The summed E-state index contributed by atoms with van der Waals surface area (Å²) >= 11 is 0. The first kappa shape index (κ1) is 24.1. The lowest BCUT2D eigenvalue weighted by Gasteiger charge is -2.26. The zero-order chi connectivity index (χ0) is 24.3. The molecule has 0 aromatic heterocycles. The first-order valence-electron chi connectivity index (χ1n) is 12.0. The van der Waals surface area contributed by atoms with Crippen LogP contribution in [0.15, 0.2) is 121 Å². The summed E-state index contributed by atoms with van der Waals surface area (Å²) in [7, 11) is 0. The van der Waals surface area contributed by atoms with Crippen molar-refractivity contribution in [3.63, 3.8) is 0 Å². The van der Waals surface area contributed by atoms with E-state index in [1.165, 1.54) is 22.3 Å². The summed E-state index contributed by atoms with van der Waals surface area (Å²) in [5, 5.41) is 0. The Labute approximate surface area is 209 Å². The second-order valence-corrected chi connectivity index (χ2v) is 8.92. The Morgan fingerprint density at radius 2 is 0.886 bits per heavy atom. The SMILES string of the molecule is CC(C)(c1ccc(OCC=Cc2ccccc2)cc1)c1ccc(OCC=Cc2ccccc2)cc1. The Bertz CT molecular complexity index is 1120. The average Bonchev–Trinajstić information content (AvgIpc) is 2.91. The van der Waals surface area contributed by atoms with E-state index in [0.717, 1.165) is 11.5 Å². The first-order chi connectivity index (χ1) is 17.1. The zero-order valence-corrected chi connectivity index (χ0v) is 20.4. The lowest BCUT2D eigenvalue weighted by molar-refractivity contribution is 0.363. The minimum absolute atomic E-state index is 0.127. The van der Waals surface area contributed by atoms with Gasteiger partial charge in [-0.3, -0.25) is 0 Å². The molecule has 0 unspecified atom stereocenters. The van der Waals surface area contributed by atoms with Crippen LogP contribution in [0.4, 0.5) is 0 Å². The third-order valence-corrected chi connectivity index (χ3v) is 6.06. The molecule has 4 aromatic carbocycles. The first-order valence-corrected chi connectivity index (χ1v) is 12.0. The summed E-state index contributed by atoms with van der Waals surface area (Å²) in [6.07, 6.45) is 8.22. The highest BCUT2D eigenvalue weighted by molar-refractivity contribution is 5.49. The molecule has 0 saturated carbocycles. The van der Waals surface area contributed by atoms with E-state index in [0.29, 0.717) is 13.2 Å². The van der Waals surface area contributed by atoms with Gasteiger partial charge >= 0.3 is 0 Å². The minimum atomic E-state index is -0.127. The summed E-state index contributed by atoms with van der Waals surface area (Å²) in [5.41, 5.74) is 4.70. The monoisotopic (exact) mass is 460 g/mol. The normalized spacial score (nSPS) is 11.7. The van der Waals surface area contributed by atoms with Crippen LogP contribution < -0.4 is 9.47 Å². The van der Waals surface area contributed by atoms with Crippen molar-refractivity contribution in [1.29, 1.82) is 0 Å². The fourth-order valence-corrected chi connectivity index (χ4v) is 3.89. The Morgan fingerprint density at radius 3 is 1.26 bits per heavy atom. The Kier molecular flexibility index (Phi) is 8.19. The van der Waals surface area contributed by atoms with E-state index < -0.39 is 0 Å². The van der Waals surface area contributed by atoms with Crippen molar-refractivity contribution in [3.05, 3.63) is 144 Å². The van der Waals surface area contributed by atoms with Crippen molar-refractivity contribution in [2.75, 3.05) is 13.2 Å². The number of rotatable bonds is 10. The maximum Gasteiger partial charge on any atom is 0.119 e. The van der Waals surface area contributed by atoms with Gasteiger partial charge in [-0.15, -0.1) is 0 Å². The summed E-state index contributed by atoms with van der Waals surface area (Å²) < 4.78 is 11.8. The molecule has 0 N–H and O–H groups in total. The van der Waals surface area contributed by atoms with Crippen molar-refractivity contribution < 1.29 is 9.47 Å². The fraction of sp³-hybridized carbons (Fsp3) is 0.152. The highest BCUT2D eigenvalue weighted by Gasteiger charge is 2.23. The van der Waals surface area contributed by atoms with Crippen molar-refractivity contribution in [3.8, 4) is 11.5 Å². The van der Waals surface area contributed by atoms with Gasteiger partial charge < -0.3 is 9.47 Å². The molecular weight excluding hydrogens is 428 g/mol. The molecule has 0 radical (unpaired) electrons. The number of benzene rings is 4. The number of ether oxygens (including phenoxy) is 2. The van der Waals surface area contributed by atoms with E-state index in [1.54, 1.807) is 0 Å². The maximum absolute atomic E-state index is 5.88. The van der Waals surface area contributed by atoms with Crippen molar-refractivity contribution >= 4 is 12.2 Å². The van der Waals surface area contributed by atoms with Crippen LogP contribution in [-0.2, 0) is 5.41 Å². The molecule has 0 saturated heterocycles. The fourth-order valence-electron chi connectivity index (χ4n) is 3.89. The van der Waals surface area contributed by atoms with Crippen LogP contribution in [0.3, 0.4) is 0 Å². The van der Waals surface area contributed by atoms with Crippen LogP contribution in [0.5, 0.6) is 11.5 Å². The summed E-state index contributed by atoms with van der Waals surface area (Å²) in [4.78, 5) is 0. The van der Waals surface area contributed by atoms with Gasteiger partial charge in [-0.2, -0.15) is 0 Å². The van der Waals surface area contributed by atoms with Crippen LogP contribution in [0.2, 0.25) is 0 Å². The van der Waals surface area contributed by atoms with E-state index in [4.69, 9.17) is 9.47 Å². The number of hydrogen-bond donors (Lipinski definition) is 0. The second kappa shape index (κ2) is 11.9. The molecule has 4 rings (SSSR count). The lowest BCUT2D eigenvalue weighted by atomic mass is 9.78. The standard InChI is InChI=1S/C33H32O2/c1-33(2,29-17-21-31(22-18-29)34-25-9-15-27-11-5-3-6-12-27)30-19-23-32(24-20-30)35-26-10-16-28-13-7-4-8-14-28/h3-24H,25-26H2,1-2H3. The molecule has 2 heteroatoms. The van der Waals surface area contributed by atoms with Crippen molar-refractivity contribution in [2.45, 2.75) is 19.3 Å². The van der Waals surface area contributed by atoms with Gasteiger partial charge in [0.15, 0.2) is 0 Å². The van der Waals surface area contributed by atoms with Crippen LogP contribution >= 0.6 is 0 Å². The largest absolute Gasteiger partial charge is 0.490 e. The summed E-state index contributed by atoms with van der Waals surface area (Å²) in [6, 6.07) is 37.3. The van der Waals surface area contributed by atoms with E-state index in [1.807, 2.05) is 72.8 Å². The van der Waals surface area contributed by atoms with Crippen LogP contribution in [0, 0.1) is 0 Å². The van der Waals surface area contributed by atoms with Crippen molar-refractivity contribution in [2.24, 2.45) is 0 Å². The van der Waals surface area contributed by atoms with E-state index in [-0.39, 0.29) is 5.41 Å². The maximum atomic E-state index is 5.88. The molecule has 35 heavy (non-hydrogen) atoms. The van der Waals surface area contributed by atoms with Gasteiger partial charge in [0.25, 0.3) is 0 Å². The van der Waals surface area contributed by atoms with E-state index >= 15 is 0 Å². The van der Waals surface area contributed by atoms with E-state index in [9.17, 15) is 0 Å². The van der Waals surface area contributed by atoms with Crippen LogP contribution in [-0.4, -0.2) is 13.2 Å². The van der Waals surface area contributed by atoms with Crippen LogP contribution in [0.1, 0.15) is 36.1 Å². The molecule has 0 atom stereocenters. The number of hydrogen-bond acceptors (Lipinski definition) is 2. The van der Waals surface area contributed by atoms with E-state index in [2.05, 4.69) is 74.5 Å². The van der Waals surface area contributed by atoms with Gasteiger partial charge in [0.2, 0.25) is 0 Å². The third kappa shape index (κ3) is 6.97. The van der Waals surface area contributed by atoms with Gasteiger partial charge in [-0.25, -0.2) is 0 Å². The molecule has 0 spiro atoms. The second-order valence-electron chi connectivity index (χ2n) is 8.92. The molecule has 0 bridgehead atoms. The van der Waals surface area contributed by atoms with Gasteiger partial charge in [-0.05, 0) is 58.7 Å². The third-order valence-electron chi connectivity index (χ3n) is 6.06. The van der Waals surface area contributed by atoms with Crippen molar-refractivity contribution in [1.82, 2.24) is 0 Å². The smallest absolute Gasteiger partial charge is 0.119 e. The van der Waals surface area contributed by atoms with Gasteiger partial charge in [0.05, 0.1) is 0 Å². The van der Waals surface area contributed by atoms with Gasteiger partial charge in [-0.1, -0.05) is 111 Å². The molecule has 176 valence electrons. The Hall–Kier alpha value is -4.04. The molecule has 0 amide bonds. The average molecular weight is 461 g/mol. The quantitative estimate of drug-likeness (QED) is 0.237. The molecule has 0 heterocycles. The predicted molar refractivity (Wildman–Crippen MR) is 147 cm³/mol. The molecule has 0 fully saturated rings. The molecule has 0 aliphatic heterocycles. The molecular formula is C33H32O2. The Balaban J connectivity index is 1.30. The molecule has 2 nitrogen and oxygen atoms in total. The highest BCUT2D eigenvalue weighted by Crippen LogP contribution is 2.33. The zero-order valence-electron chi connectivity index (χ0n) is 20.4. The lowest BCUT2D eigenvalue weighted by Crippen LogP contribution is -2.18.